The number of hydrogen-bond acceptors (Lipinski definition) is 5. The van der Waals surface area contributed by atoms with E-state index in [1.807, 2.05) is 20.8 Å². The molecule has 1 aromatic heterocycles. The Morgan fingerprint density at radius 2 is 2.27 bits per heavy atom. The molecule has 1 aromatic rings. The molecule has 15 heavy (non-hydrogen) atoms. The van der Waals surface area contributed by atoms with Crippen LogP contribution < -0.4 is 5.32 Å². The summed E-state index contributed by atoms with van der Waals surface area (Å²) in [5, 5.41) is 7.10. The van der Waals surface area contributed by atoms with Gasteiger partial charge in [0.05, 0.1) is 12.6 Å². The van der Waals surface area contributed by atoms with E-state index in [-0.39, 0.29) is 6.04 Å². The lowest BCUT2D eigenvalue weighted by Gasteiger charge is -2.05. The van der Waals surface area contributed by atoms with Crippen molar-refractivity contribution < 1.29 is 9.26 Å². The molecule has 1 rings (SSSR count). The SMILES string of the molecule is CCNC(C)c1nc(CCOCC)no1. The molecule has 0 aromatic carbocycles. The molecule has 0 radical (unpaired) electrons. The van der Waals surface area contributed by atoms with E-state index in [4.69, 9.17) is 9.26 Å². The second kappa shape index (κ2) is 6.53. The van der Waals surface area contributed by atoms with Gasteiger partial charge < -0.3 is 14.6 Å². The van der Waals surface area contributed by atoms with Gasteiger partial charge in [-0.15, -0.1) is 0 Å². The second-order valence-corrected chi connectivity index (χ2v) is 3.28. The topological polar surface area (TPSA) is 60.2 Å². The van der Waals surface area contributed by atoms with Crippen LogP contribution in [0.2, 0.25) is 0 Å². The fourth-order valence-corrected chi connectivity index (χ4v) is 1.25. The van der Waals surface area contributed by atoms with E-state index in [0.29, 0.717) is 24.7 Å². The third-order valence-electron chi connectivity index (χ3n) is 2.04. The first-order chi connectivity index (χ1) is 7.27. The van der Waals surface area contributed by atoms with Crippen molar-refractivity contribution in [3.63, 3.8) is 0 Å². The van der Waals surface area contributed by atoms with Crippen LogP contribution in [0.3, 0.4) is 0 Å². The molecule has 0 fully saturated rings. The minimum absolute atomic E-state index is 0.114. The molecule has 1 heterocycles. The van der Waals surface area contributed by atoms with Gasteiger partial charge >= 0.3 is 0 Å². The highest BCUT2D eigenvalue weighted by molar-refractivity contribution is 4.91. The van der Waals surface area contributed by atoms with Crippen molar-refractivity contribution in [2.45, 2.75) is 33.2 Å². The summed E-state index contributed by atoms with van der Waals surface area (Å²) in [6.45, 7) is 8.27. The van der Waals surface area contributed by atoms with Crippen molar-refractivity contribution in [2.24, 2.45) is 0 Å². The van der Waals surface area contributed by atoms with Crippen LogP contribution in [0.25, 0.3) is 0 Å². The van der Waals surface area contributed by atoms with Gasteiger partial charge in [-0.3, -0.25) is 0 Å². The summed E-state index contributed by atoms with van der Waals surface area (Å²) >= 11 is 0. The molecule has 0 bridgehead atoms. The van der Waals surface area contributed by atoms with Gasteiger partial charge in [0.15, 0.2) is 5.82 Å². The summed E-state index contributed by atoms with van der Waals surface area (Å²) in [5.74, 6) is 1.35. The van der Waals surface area contributed by atoms with Gasteiger partial charge in [-0.05, 0) is 20.4 Å². The number of rotatable bonds is 7. The highest BCUT2D eigenvalue weighted by Gasteiger charge is 2.12. The third-order valence-corrected chi connectivity index (χ3v) is 2.04. The molecule has 5 nitrogen and oxygen atoms in total. The summed E-state index contributed by atoms with van der Waals surface area (Å²) in [7, 11) is 0. The van der Waals surface area contributed by atoms with Gasteiger partial charge in [-0.1, -0.05) is 12.1 Å². The Labute approximate surface area is 90.2 Å². The van der Waals surface area contributed by atoms with E-state index in [2.05, 4.69) is 15.5 Å². The summed E-state index contributed by atoms with van der Waals surface area (Å²) < 4.78 is 10.3. The molecule has 0 saturated carbocycles. The first-order valence-corrected chi connectivity index (χ1v) is 5.41. The summed E-state index contributed by atoms with van der Waals surface area (Å²) in [5.41, 5.74) is 0. The molecule has 0 spiro atoms. The monoisotopic (exact) mass is 213 g/mol. The third kappa shape index (κ3) is 3.97. The Bertz CT molecular complexity index is 275. The van der Waals surface area contributed by atoms with Gasteiger partial charge in [0.25, 0.3) is 0 Å². The van der Waals surface area contributed by atoms with Crippen molar-refractivity contribution in [2.75, 3.05) is 19.8 Å². The van der Waals surface area contributed by atoms with Crippen molar-refractivity contribution in [3.8, 4) is 0 Å². The summed E-state index contributed by atoms with van der Waals surface area (Å²) in [4.78, 5) is 4.28. The van der Waals surface area contributed by atoms with Gasteiger partial charge in [-0.2, -0.15) is 4.98 Å². The Hall–Kier alpha value is -0.940. The lowest BCUT2D eigenvalue weighted by Crippen LogP contribution is -2.18. The second-order valence-electron chi connectivity index (χ2n) is 3.28. The number of aromatic nitrogens is 2. The molecule has 0 aliphatic rings. The molecule has 1 N–H and O–H groups in total. The standard InChI is InChI=1S/C10H19N3O2/c1-4-11-8(3)10-12-9(13-15-10)6-7-14-5-2/h8,11H,4-7H2,1-3H3. The molecular formula is C10H19N3O2. The van der Waals surface area contributed by atoms with Crippen LogP contribution >= 0.6 is 0 Å². The fraction of sp³-hybridized carbons (Fsp3) is 0.800. The van der Waals surface area contributed by atoms with Gasteiger partial charge in [0, 0.05) is 13.0 Å². The lowest BCUT2D eigenvalue weighted by atomic mass is 10.3. The van der Waals surface area contributed by atoms with Crippen molar-refractivity contribution in [1.29, 1.82) is 0 Å². The average molecular weight is 213 g/mol. The average Bonchev–Trinajstić information content (AvgIpc) is 2.67. The Morgan fingerprint density at radius 1 is 1.47 bits per heavy atom. The maximum Gasteiger partial charge on any atom is 0.243 e. The lowest BCUT2D eigenvalue weighted by molar-refractivity contribution is 0.149. The van der Waals surface area contributed by atoms with Gasteiger partial charge in [-0.25, -0.2) is 0 Å². The van der Waals surface area contributed by atoms with Gasteiger partial charge in [0.1, 0.15) is 0 Å². The molecule has 0 aliphatic carbocycles. The first-order valence-electron chi connectivity index (χ1n) is 5.41. The normalized spacial score (nSPS) is 13.0. The molecule has 5 heteroatoms. The maximum atomic E-state index is 5.22. The summed E-state index contributed by atoms with van der Waals surface area (Å²) in [6, 6.07) is 0.114. The van der Waals surface area contributed by atoms with Crippen molar-refractivity contribution in [1.82, 2.24) is 15.5 Å². The van der Waals surface area contributed by atoms with Crippen LogP contribution in [-0.4, -0.2) is 29.9 Å². The van der Waals surface area contributed by atoms with E-state index < -0.39 is 0 Å². The van der Waals surface area contributed by atoms with E-state index in [0.717, 1.165) is 13.2 Å². The maximum absolute atomic E-state index is 5.22. The molecule has 1 unspecified atom stereocenters. The predicted octanol–water partition coefficient (Wildman–Crippen LogP) is 1.32. The highest BCUT2D eigenvalue weighted by atomic mass is 16.5. The van der Waals surface area contributed by atoms with E-state index >= 15 is 0 Å². The van der Waals surface area contributed by atoms with E-state index in [1.165, 1.54) is 0 Å². The van der Waals surface area contributed by atoms with Crippen molar-refractivity contribution in [3.05, 3.63) is 11.7 Å². The largest absolute Gasteiger partial charge is 0.381 e. The van der Waals surface area contributed by atoms with Crippen LogP contribution in [0.4, 0.5) is 0 Å². The zero-order valence-electron chi connectivity index (χ0n) is 9.62. The van der Waals surface area contributed by atoms with Crippen LogP contribution in [0, 0.1) is 0 Å². The zero-order valence-corrected chi connectivity index (χ0v) is 9.62. The minimum Gasteiger partial charge on any atom is -0.381 e. The van der Waals surface area contributed by atoms with E-state index in [9.17, 15) is 0 Å². The zero-order chi connectivity index (χ0) is 11.1. The minimum atomic E-state index is 0.114. The number of hydrogen-bond donors (Lipinski definition) is 1. The highest BCUT2D eigenvalue weighted by Crippen LogP contribution is 2.09. The molecular weight excluding hydrogens is 194 g/mol. The van der Waals surface area contributed by atoms with Crippen molar-refractivity contribution >= 4 is 0 Å². The smallest absolute Gasteiger partial charge is 0.243 e. The molecule has 0 amide bonds. The Morgan fingerprint density at radius 3 is 2.93 bits per heavy atom. The Kier molecular flexibility index (Phi) is 5.28. The molecule has 86 valence electrons. The molecule has 0 aliphatic heterocycles. The molecule has 1 atom stereocenters. The van der Waals surface area contributed by atoms with E-state index in [1.54, 1.807) is 0 Å². The number of nitrogens with one attached hydrogen (secondary N) is 1. The Balaban J connectivity index is 2.41. The molecule has 0 saturated heterocycles. The number of ether oxygens (including phenoxy) is 1. The first kappa shape index (κ1) is 12.1. The fourth-order valence-electron chi connectivity index (χ4n) is 1.25. The predicted molar refractivity (Wildman–Crippen MR) is 56.6 cm³/mol. The van der Waals surface area contributed by atoms with Gasteiger partial charge in [0.2, 0.25) is 5.89 Å². The van der Waals surface area contributed by atoms with Crippen LogP contribution in [0.15, 0.2) is 4.52 Å². The van der Waals surface area contributed by atoms with Crippen LogP contribution in [0.5, 0.6) is 0 Å². The number of nitrogens with zero attached hydrogens (tertiary/aromatic N) is 2. The van der Waals surface area contributed by atoms with Crippen LogP contribution in [-0.2, 0) is 11.2 Å². The van der Waals surface area contributed by atoms with Crippen LogP contribution in [0.1, 0.15) is 38.5 Å². The quantitative estimate of drug-likeness (QED) is 0.692. The summed E-state index contributed by atoms with van der Waals surface area (Å²) in [6.07, 6.45) is 0.705.